The first-order valence-corrected chi connectivity index (χ1v) is 12.2. The van der Waals surface area contributed by atoms with E-state index in [0.717, 1.165) is 3.63 Å². The van der Waals surface area contributed by atoms with Crippen LogP contribution < -0.4 is 0 Å². The van der Waals surface area contributed by atoms with Crippen molar-refractivity contribution in [1.82, 2.24) is 0 Å². The second-order valence-corrected chi connectivity index (χ2v) is 16.9. The minimum absolute atomic E-state index is 0.860. The number of hydrogen-bond acceptors (Lipinski definition) is 0. The number of allylic oxidation sites excluding steroid dienone is 4. The van der Waals surface area contributed by atoms with E-state index in [0.29, 0.717) is 0 Å². The van der Waals surface area contributed by atoms with Crippen molar-refractivity contribution in [1.29, 1.82) is 0 Å². The Kier molecular flexibility index (Phi) is 2.11. The van der Waals surface area contributed by atoms with E-state index in [2.05, 4.69) is 38.2 Å². The third kappa shape index (κ3) is 1.90. The van der Waals surface area contributed by atoms with E-state index in [1.165, 1.54) is 0 Å². The van der Waals surface area contributed by atoms with Gasteiger partial charge in [0.15, 0.2) is 0 Å². The summed E-state index contributed by atoms with van der Waals surface area (Å²) in [4.78, 5) is 0. The molecule has 0 atom stereocenters. The van der Waals surface area contributed by atoms with Crippen LogP contribution in [0.4, 0.5) is 0 Å². The Morgan fingerprint density at radius 2 is 1.44 bits per heavy atom. The molecule has 0 unspecified atom stereocenters. The van der Waals surface area contributed by atoms with Crippen molar-refractivity contribution >= 4 is 0 Å². The van der Waals surface area contributed by atoms with Gasteiger partial charge in [-0.3, -0.25) is 0 Å². The molecule has 1 heteroatoms. The first-order chi connectivity index (χ1) is 4.11. The van der Waals surface area contributed by atoms with E-state index in [1.54, 1.807) is 0 Å². The molecule has 9 heavy (non-hydrogen) atoms. The predicted octanol–water partition coefficient (Wildman–Crippen LogP) is 3.20. The fourth-order valence-corrected chi connectivity index (χ4v) is 4.39. The Hall–Kier alpha value is 0.363. The molecule has 0 saturated heterocycles. The molecule has 0 saturated carbocycles. The molecule has 0 aromatic heterocycles. The summed E-state index contributed by atoms with van der Waals surface area (Å²) in [6.07, 6.45) is 9.03. The van der Waals surface area contributed by atoms with Crippen molar-refractivity contribution in [3.8, 4) is 0 Å². The van der Waals surface area contributed by atoms with Gasteiger partial charge in [-0.15, -0.1) is 0 Å². The van der Waals surface area contributed by atoms with Gasteiger partial charge < -0.3 is 0 Å². The summed E-state index contributed by atoms with van der Waals surface area (Å²) in [5, 5.41) is 0. The molecule has 0 aliphatic heterocycles. The van der Waals surface area contributed by atoms with Crippen LogP contribution in [0.15, 0.2) is 24.3 Å². The third-order valence-electron chi connectivity index (χ3n) is 1.75. The summed E-state index contributed by atoms with van der Waals surface area (Å²) >= 11 is -1.57. The predicted molar refractivity (Wildman–Crippen MR) is 39.6 cm³/mol. The third-order valence-corrected chi connectivity index (χ3v) is 7.61. The summed E-state index contributed by atoms with van der Waals surface area (Å²) in [6.45, 7) is 0. The van der Waals surface area contributed by atoms with Crippen LogP contribution in [0.1, 0.15) is 0 Å². The SMILES string of the molecule is [CH3][Zr]([CH3])([CH3])[CH]1C=CC=C1. The Labute approximate surface area is 62.1 Å². The van der Waals surface area contributed by atoms with Gasteiger partial charge in [0.05, 0.1) is 0 Å². The van der Waals surface area contributed by atoms with Gasteiger partial charge in [0.2, 0.25) is 0 Å². The van der Waals surface area contributed by atoms with Crippen molar-refractivity contribution in [3.05, 3.63) is 24.3 Å². The molecule has 0 heterocycles. The Morgan fingerprint density at radius 3 is 1.67 bits per heavy atom. The maximum atomic E-state index is 2.47. The topological polar surface area (TPSA) is 0 Å². The van der Waals surface area contributed by atoms with Gasteiger partial charge in [0.25, 0.3) is 0 Å². The minimum atomic E-state index is -1.57. The average molecular weight is 201 g/mol. The maximum absolute atomic E-state index is 2.47. The van der Waals surface area contributed by atoms with Crippen LogP contribution >= 0.6 is 0 Å². The van der Waals surface area contributed by atoms with E-state index < -0.39 is 20.3 Å². The van der Waals surface area contributed by atoms with Crippen LogP contribution in [0.25, 0.3) is 0 Å². The van der Waals surface area contributed by atoms with Gasteiger partial charge in [-0.1, -0.05) is 0 Å². The van der Waals surface area contributed by atoms with E-state index in [1.807, 2.05) is 0 Å². The summed E-state index contributed by atoms with van der Waals surface area (Å²) < 4.78 is 8.28. The fraction of sp³-hybridized carbons (Fsp3) is 0.500. The van der Waals surface area contributed by atoms with Gasteiger partial charge in [-0.05, 0) is 0 Å². The van der Waals surface area contributed by atoms with E-state index >= 15 is 0 Å². The van der Waals surface area contributed by atoms with Crippen molar-refractivity contribution in [2.45, 2.75) is 17.5 Å². The molecule has 0 spiro atoms. The number of rotatable bonds is 1. The Bertz CT molecular complexity index is 136. The molecule has 0 bridgehead atoms. The van der Waals surface area contributed by atoms with Gasteiger partial charge in [-0.25, -0.2) is 0 Å². The first kappa shape index (κ1) is 7.47. The molecule has 0 aromatic rings. The molecular weight excluding hydrogens is 187 g/mol. The molecule has 0 radical (unpaired) electrons. The molecule has 0 amide bonds. The second kappa shape index (κ2) is 2.54. The summed E-state index contributed by atoms with van der Waals surface area (Å²) in [5.74, 6) is 0. The van der Waals surface area contributed by atoms with Crippen LogP contribution in [0.2, 0.25) is 17.5 Å². The molecule has 0 aromatic carbocycles. The first-order valence-electron chi connectivity index (χ1n) is 3.46. The standard InChI is InChI=1S/C5H5.3CH3.Zr/c1-2-4-5-3-1;;;;/h1-5H;3*1H3;. The Morgan fingerprint density at radius 1 is 1.00 bits per heavy atom. The zero-order chi connectivity index (χ0) is 6.91. The van der Waals surface area contributed by atoms with E-state index in [-0.39, 0.29) is 0 Å². The summed E-state index contributed by atoms with van der Waals surface area (Å²) in [7, 11) is 0. The molecule has 50 valence electrons. The van der Waals surface area contributed by atoms with Gasteiger partial charge in [0, 0.05) is 0 Å². The molecule has 0 nitrogen and oxygen atoms in total. The summed E-state index contributed by atoms with van der Waals surface area (Å²) in [6, 6.07) is 0. The van der Waals surface area contributed by atoms with Crippen LogP contribution in [0.3, 0.4) is 0 Å². The zero-order valence-corrected chi connectivity index (χ0v) is 8.84. The van der Waals surface area contributed by atoms with Gasteiger partial charge in [-0.2, -0.15) is 0 Å². The van der Waals surface area contributed by atoms with Crippen LogP contribution in [-0.2, 0) is 20.3 Å². The molecule has 1 rings (SSSR count). The van der Waals surface area contributed by atoms with Gasteiger partial charge >= 0.3 is 62.1 Å². The summed E-state index contributed by atoms with van der Waals surface area (Å²) in [5.41, 5.74) is 0. The molecule has 1 aliphatic carbocycles. The van der Waals surface area contributed by atoms with E-state index in [4.69, 9.17) is 0 Å². The fourth-order valence-electron chi connectivity index (χ4n) is 1.01. The molecule has 1 aliphatic rings. The van der Waals surface area contributed by atoms with Crippen LogP contribution in [0.5, 0.6) is 0 Å². The second-order valence-electron chi connectivity index (χ2n) is 3.66. The van der Waals surface area contributed by atoms with Crippen molar-refractivity contribution in [2.24, 2.45) is 0 Å². The zero-order valence-electron chi connectivity index (χ0n) is 6.39. The van der Waals surface area contributed by atoms with E-state index in [9.17, 15) is 0 Å². The average Bonchev–Trinajstić information content (AvgIpc) is 2.08. The van der Waals surface area contributed by atoms with Crippen LogP contribution in [0, 0.1) is 0 Å². The molecular formula is C8H14Zr. The normalized spacial score (nSPS) is 19.4. The van der Waals surface area contributed by atoms with Crippen molar-refractivity contribution in [2.75, 3.05) is 0 Å². The monoisotopic (exact) mass is 200 g/mol. The number of hydrogen-bond donors (Lipinski definition) is 0. The quantitative estimate of drug-likeness (QED) is 0.611. The van der Waals surface area contributed by atoms with Crippen LogP contribution in [-0.4, -0.2) is 0 Å². The molecule has 0 fully saturated rings. The van der Waals surface area contributed by atoms with Crippen molar-refractivity contribution in [3.63, 3.8) is 0 Å². The molecule has 0 N–H and O–H groups in total. The van der Waals surface area contributed by atoms with Crippen molar-refractivity contribution < 1.29 is 20.3 Å². The van der Waals surface area contributed by atoms with Gasteiger partial charge in [0.1, 0.15) is 0 Å². The Balaban J connectivity index is 2.64.